The van der Waals surface area contributed by atoms with Crippen molar-refractivity contribution in [1.82, 2.24) is 0 Å². The minimum absolute atomic E-state index is 0.119. The van der Waals surface area contributed by atoms with Gasteiger partial charge in [0.2, 0.25) is 6.10 Å². The van der Waals surface area contributed by atoms with Crippen molar-refractivity contribution in [3.05, 3.63) is 0 Å². The average molecular weight is 669 g/mol. The molecule has 0 amide bonds. The normalized spacial score (nSPS) is 43.3. The van der Waals surface area contributed by atoms with Gasteiger partial charge in [-0.2, -0.15) is 0 Å². The zero-order chi connectivity index (χ0) is 34.5. The van der Waals surface area contributed by atoms with Crippen LogP contribution in [0.3, 0.4) is 0 Å². The summed E-state index contributed by atoms with van der Waals surface area (Å²) in [4.78, 5) is 55.3. The van der Waals surface area contributed by atoms with Crippen molar-refractivity contribution in [3.8, 4) is 0 Å². The second-order valence-electron chi connectivity index (χ2n) is 19.8. The molecule has 5 unspecified atom stereocenters. The second kappa shape index (κ2) is 11.4. The Morgan fingerprint density at radius 1 is 0.750 bits per heavy atom. The number of hydrogen-bond donors (Lipinski definition) is 0. The Labute approximate surface area is 287 Å². The van der Waals surface area contributed by atoms with Crippen molar-refractivity contribution in [1.29, 1.82) is 0 Å². The third kappa shape index (κ3) is 5.91. The molecule has 1 saturated heterocycles. The Morgan fingerprint density at radius 2 is 1.33 bits per heavy atom. The molecule has 1 heterocycles. The first-order valence-corrected chi connectivity index (χ1v) is 19.2. The van der Waals surface area contributed by atoms with Gasteiger partial charge in [0.25, 0.3) is 0 Å². The van der Waals surface area contributed by atoms with E-state index in [4.69, 9.17) is 18.9 Å². The molecule has 0 radical (unpaired) electrons. The summed E-state index contributed by atoms with van der Waals surface area (Å²) in [6.07, 6.45) is 12.3. The summed E-state index contributed by atoms with van der Waals surface area (Å²) in [5, 5.41) is 0. The molecule has 8 bridgehead atoms. The summed E-state index contributed by atoms with van der Waals surface area (Å²) in [6.45, 7) is 14.1. The predicted octanol–water partition coefficient (Wildman–Crippen LogP) is 7.73. The van der Waals surface area contributed by atoms with Gasteiger partial charge in [-0.15, -0.1) is 0 Å². The molecule has 5 atom stereocenters. The second-order valence-corrected chi connectivity index (χ2v) is 19.8. The summed E-state index contributed by atoms with van der Waals surface area (Å²) in [6, 6.07) is 0. The van der Waals surface area contributed by atoms with Crippen LogP contribution < -0.4 is 0 Å². The average Bonchev–Trinajstić information content (AvgIpc) is 3.37. The Kier molecular flexibility index (Phi) is 8.19. The summed E-state index contributed by atoms with van der Waals surface area (Å²) in [5.41, 5.74) is -4.03. The van der Waals surface area contributed by atoms with Crippen LogP contribution in [0.2, 0.25) is 0 Å². The Morgan fingerprint density at radius 3 is 1.85 bits per heavy atom. The lowest BCUT2D eigenvalue weighted by Gasteiger charge is -2.60. The van der Waals surface area contributed by atoms with E-state index in [0.29, 0.717) is 36.5 Å². The fraction of sp³-hybridized carbons (Fsp3) is 0.900. The fourth-order valence-corrected chi connectivity index (χ4v) is 13.0. The number of ether oxygens (including phenoxy) is 4. The highest BCUT2D eigenvalue weighted by molar-refractivity contribution is 5.85. The van der Waals surface area contributed by atoms with Gasteiger partial charge in [0.1, 0.15) is 11.2 Å². The van der Waals surface area contributed by atoms with E-state index < -0.39 is 45.5 Å². The van der Waals surface area contributed by atoms with Crippen LogP contribution in [0.5, 0.6) is 0 Å². The van der Waals surface area contributed by atoms with Gasteiger partial charge in [-0.1, -0.05) is 13.8 Å². The van der Waals surface area contributed by atoms with Crippen molar-refractivity contribution >= 4 is 23.9 Å². The largest absolute Gasteiger partial charge is 0.463 e. The molecule has 8 heteroatoms. The van der Waals surface area contributed by atoms with Gasteiger partial charge in [0, 0.05) is 6.42 Å². The molecule has 8 aliphatic carbocycles. The number of cyclic esters (lactones) is 1. The maximum Gasteiger partial charge on any atom is 0.347 e. The van der Waals surface area contributed by atoms with Gasteiger partial charge in [-0.25, -0.2) is 4.79 Å². The molecule has 9 fully saturated rings. The molecule has 1 aliphatic heterocycles. The van der Waals surface area contributed by atoms with Crippen molar-refractivity contribution < 1.29 is 38.1 Å². The first-order chi connectivity index (χ1) is 22.4. The monoisotopic (exact) mass is 668 g/mol. The molecule has 8 nitrogen and oxygen atoms in total. The molecule has 9 rings (SSSR count). The standard InChI is InChI=1S/C40H60O8/c1-8-37(5,34(44)47-39(7)28-13-24-11-25(15-28)16-29(39)14-24)23-38(6,33(43)46-30-9-10-45-31(30)41)21-35(2,3)32(42)48-40-19-26-12-27(20-40)18-36(4,17-26)22-40/h24-30H,8-23H2,1-7H3. The predicted molar refractivity (Wildman–Crippen MR) is 178 cm³/mol. The number of esters is 4. The zero-order valence-electron chi connectivity index (χ0n) is 30.6. The summed E-state index contributed by atoms with van der Waals surface area (Å²) >= 11 is 0. The number of rotatable bonds is 11. The smallest absolute Gasteiger partial charge is 0.347 e. The lowest BCUT2D eigenvalue weighted by Crippen LogP contribution is -2.59. The minimum Gasteiger partial charge on any atom is -0.463 e. The Balaban J connectivity index is 1.12. The quantitative estimate of drug-likeness (QED) is 0.163. The van der Waals surface area contributed by atoms with Crippen molar-refractivity contribution in [2.75, 3.05) is 6.61 Å². The van der Waals surface area contributed by atoms with Gasteiger partial charge < -0.3 is 18.9 Å². The van der Waals surface area contributed by atoms with Crippen LogP contribution in [0.4, 0.5) is 0 Å². The highest BCUT2D eigenvalue weighted by Crippen LogP contribution is 2.63. The molecule has 268 valence electrons. The van der Waals surface area contributed by atoms with E-state index >= 15 is 0 Å². The zero-order valence-corrected chi connectivity index (χ0v) is 30.6. The molecule has 0 aromatic rings. The van der Waals surface area contributed by atoms with Crippen LogP contribution in [0, 0.1) is 57.2 Å². The van der Waals surface area contributed by atoms with E-state index in [9.17, 15) is 19.2 Å². The molecule has 0 spiro atoms. The lowest BCUT2D eigenvalue weighted by atomic mass is 9.48. The van der Waals surface area contributed by atoms with E-state index in [2.05, 4.69) is 13.8 Å². The first-order valence-electron chi connectivity index (χ1n) is 19.2. The molecule has 48 heavy (non-hydrogen) atoms. The summed E-state index contributed by atoms with van der Waals surface area (Å²) in [5.74, 6) is 1.76. The maximum absolute atomic E-state index is 14.4. The van der Waals surface area contributed by atoms with E-state index in [-0.39, 0.29) is 36.8 Å². The van der Waals surface area contributed by atoms with Gasteiger partial charge in [-0.05, 0) is 165 Å². The fourth-order valence-electron chi connectivity index (χ4n) is 13.0. The third-order valence-corrected chi connectivity index (χ3v) is 14.7. The van der Waals surface area contributed by atoms with Gasteiger partial charge in [0.15, 0.2) is 0 Å². The topological polar surface area (TPSA) is 105 Å². The molecule has 0 aromatic heterocycles. The van der Waals surface area contributed by atoms with Crippen LogP contribution in [0.25, 0.3) is 0 Å². The number of carbonyl (C=O) groups is 4. The third-order valence-electron chi connectivity index (χ3n) is 14.7. The molecule has 0 aromatic carbocycles. The summed E-state index contributed by atoms with van der Waals surface area (Å²) < 4.78 is 24.2. The van der Waals surface area contributed by atoms with Crippen LogP contribution in [0.1, 0.15) is 145 Å². The SMILES string of the molecule is CCC(C)(CC(C)(CC(C)(C)C(=O)OC12CC3CC(CC(C)(C3)C1)C2)C(=O)OC1CCOC1=O)C(=O)OC1(C)C2CC3CC(C2)CC1C3. The van der Waals surface area contributed by atoms with Crippen LogP contribution >= 0.6 is 0 Å². The van der Waals surface area contributed by atoms with Gasteiger partial charge in [-0.3, -0.25) is 14.4 Å². The van der Waals surface area contributed by atoms with Crippen LogP contribution in [0.15, 0.2) is 0 Å². The molecule has 0 N–H and O–H groups in total. The van der Waals surface area contributed by atoms with Crippen molar-refractivity contribution in [2.24, 2.45) is 57.2 Å². The lowest BCUT2D eigenvalue weighted by molar-refractivity contribution is -0.214. The highest BCUT2D eigenvalue weighted by Gasteiger charge is 2.61. The van der Waals surface area contributed by atoms with Crippen LogP contribution in [-0.4, -0.2) is 47.8 Å². The molecular formula is C40H60O8. The van der Waals surface area contributed by atoms with Crippen molar-refractivity contribution in [2.45, 2.75) is 162 Å². The summed E-state index contributed by atoms with van der Waals surface area (Å²) in [7, 11) is 0. The number of carbonyl (C=O) groups excluding carboxylic acids is 4. The molecule has 9 aliphatic rings. The molecular weight excluding hydrogens is 608 g/mol. The van der Waals surface area contributed by atoms with E-state index in [1.165, 1.54) is 25.7 Å². The Hall–Kier alpha value is -2.12. The first kappa shape index (κ1) is 34.3. The highest BCUT2D eigenvalue weighted by atomic mass is 16.6. The van der Waals surface area contributed by atoms with Crippen molar-refractivity contribution in [3.63, 3.8) is 0 Å². The number of hydrogen-bond acceptors (Lipinski definition) is 8. The Bertz CT molecular complexity index is 1310. The van der Waals surface area contributed by atoms with Gasteiger partial charge >= 0.3 is 23.9 Å². The van der Waals surface area contributed by atoms with E-state index in [1.807, 2.05) is 27.7 Å². The van der Waals surface area contributed by atoms with Gasteiger partial charge in [0.05, 0.1) is 22.9 Å². The minimum atomic E-state index is -1.27. The maximum atomic E-state index is 14.4. The van der Waals surface area contributed by atoms with E-state index in [0.717, 1.165) is 56.8 Å². The van der Waals surface area contributed by atoms with Crippen LogP contribution in [-0.2, 0) is 38.1 Å². The molecule has 8 saturated carbocycles. The van der Waals surface area contributed by atoms with E-state index in [1.54, 1.807) is 6.92 Å².